The maximum atomic E-state index is 5.60. The van der Waals surface area contributed by atoms with Crippen LogP contribution in [-0.4, -0.2) is 18.6 Å². The van der Waals surface area contributed by atoms with Gasteiger partial charge in [0.1, 0.15) is 5.82 Å². The molecule has 1 aromatic carbocycles. The first-order valence-corrected chi connectivity index (χ1v) is 6.81. The van der Waals surface area contributed by atoms with Crippen molar-refractivity contribution in [3.8, 4) is 5.88 Å². The van der Waals surface area contributed by atoms with Gasteiger partial charge in [-0.15, -0.1) is 0 Å². The van der Waals surface area contributed by atoms with Gasteiger partial charge in [0.15, 0.2) is 0 Å². The van der Waals surface area contributed by atoms with Crippen LogP contribution in [0.15, 0.2) is 42.5 Å². The fraction of sp³-hybridized carbons (Fsp3) is 0.312. The van der Waals surface area contributed by atoms with E-state index in [4.69, 9.17) is 10.5 Å². The lowest BCUT2D eigenvalue weighted by molar-refractivity contribution is 0.327. The highest BCUT2D eigenvalue weighted by molar-refractivity contribution is 5.41. The molecule has 106 valence electrons. The summed E-state index contributed by atoms with van der Waals surface area (Å²) in [6, 6.07) is 14.1. The van der Waals surface area contributed by atoms with Crippen molar-refractivity contribution in [2.45, 2.75) is 20.0 Å². The van der Waals surface area contributed by atoms with Gasteiger partial charge in [-0.25, -0.2) is 0 Å². The summed E-state index contributed by atoms with van der Waals surface area (Å²) < 4.78 is 5.43. The summed E-state index contributed by atoms with van der Waals surface area (Å²) in [5, 5.41) is 0. The van der Waals surface area contributed by atoms with Gasteiger partial charge in [0.05, 0.1) is 6.61 Å². The molecule has 0 bridgehead atoms. The smallest absolute Gasteiger partial charge is 0.215 e. The number of anilines is 1. The van der Waals surface area contributed by atoms with Crippen LogP contribution in [0.2, 0.25) is 0 Å². The quantitative estimate of drug-likeness (QED) is 0.877. The van der Waals surface area contributed by atoms with Crippen LogP contribution in [0.1, 0.15) is 18.1 Å². The molecule has 4 nitrogen and oxygen atoms in total. The van der Waals surface area contributed by atoms with Crippen molar-refractivity contribution in [1.29, 1.82) is 0 Å². The Hall–Kier alpha value is -2.07. The molecule has 1 aromatic heterocycles. The minimum Gasteiger partial charge on any atom is -0.478 e. The van der Waals surface area contributed by atoms with Crippen LogP contribution >= 0.6 is 0 Å². The van der Waals surface area contributed by atoms with E-state index in [2.05, 4.69) is 34.1 Å². The van der Waals surface area contributed by atoms with Crippen LogP contribution < -0.4 is 15.4 Å². The van der Waals surface area contributed by atoms with Crippen LogP contribution in [-0.2, 0) is 13.1 Å². The molecule has 2 rings (SSSR count). The van der Waals surface area contributed by atoms with Crippen molar-refractivity contribution in [2.24, 2.45) is 5.73 Å². The van der Waals surface area contributed by atoms with Gasteiger partial charge in [0.25, 0.3) is 0 Å². The number of pyridine rings is 1. The molecule has 0 saturated carbocycles. The van der Waals surface area contributed by atoms with Crippen molar-refractivity contribution in [2.75, 3.05) is 18.6 Å². The third-order valence-electron chi connectivity index (χ3n) is 3.07. The summed E-state index contributed by atoms with van der Waals surface area (Å²) in [5.74, 6) is 1.56. The highest BCUT2D eigenvalue weighted by Gasteiger charge is 2.05. The standard InChI is InChI=1S/C16H21N3O/c1-3-20-16-6-4-5-15(18-16)19(2)12-14-9-7-13(11-17)8-10-14/h4-10H,3,11-12,17H2,1-2H3. The first-order valence-electron chi connectivity index (χ1n) is 6.81. The van der Waals surface area contributed by atoms with Gasteiger partial charge in [-0.1, -0.05) is 30.3 Å². The Bertz CT molecular complexity index is 540. The SMILES string of the molecule is CCOc1cccc(N(C)Cc2ccc(CN)cc2)n1. The maximum absolute atomic E-state index is 5.60. The molecule has 4 heteroatoms. The first-order chi connectivity index (χ1) is 9.72. The molecular formula is C16H21N3O. The Kier molecular flexibility index (Phi) is 4.96. The topological polar surface area (TPSA) is 51.4 Å². The molecule has 0 radical (unpaired) electrons. The second kappa shape index (κ2) is 6.91. The zero-order valence-electron chi connectivity index (χ0n) is 12.0. The molecule has 0 amide bonds. The van der Waals surface area contributed by atoms with Gasteiger partial charge >= 0.3 is 0 Å². The number of benzene rings is 1. The monoisotopic (exact) mass is 271 g/mol. The van der Waals surface area contributed by atoms with Gasteiger partial charge < -0.3 is 15.4 Å². The number of nitrogens with zero attached hydrogens (tertiary/aromatic N) is 2. The minimum atomic E-state index is 0.577. The third kappa shape index (κ3) is 3.71. The molecule has 0 aliphatic rings. The van der Waals surface area contributed by atoms with E-state index in [1.54, 1.807) is 0 Å². The number of hydrogen-bond donors (Lipinski definition) is 1. The molecule has 1 heterocycles. The summed E-state index contributed by atoms with van der Waals surface area (Å²) in [5.41, 5.74) is 7.98. The summed E-state index contributed by atoms with van der Waals surface area (Å²) in [4.78, 5) is 6.57. The number of nitrogens with two attached hydrogens (primary N) is 1. The Balaban J connectivity index is 2.06. The van der Waals surface area contributed by atoms with E-state index in [1.165, 1.54) is 5.56 Å². The molecule has 0 aliphatic heterocycles. The fourth-order valence-corrected chi connectivity index (χ4v) is 1.98. The molecule has 0 aliphatic carbocycles. The summed E-state index contributed by atoms with van der Waals surface area (Å²) in [7, 11) is 2.02. The number of hydrogen-bond acceptors (Lipinski definition) is 4. The Morgan fingerprint density at radius 1 is 1.10 bits per heavy atom. The van der Waals surface area contributed by atoms with E-state index in [-0.39, 0.29) is 0 Å². The first kappa shape index (κ1) is 14.3. The van der Waals surface area contributed by atoms with Crippen molar-refractivity contribution in [1.82, 2.24) is 4.98 Å². The van der Waals surface area contributed by atoms with Crippen LogP contribution in [0, 0.1) is 0 Å². The van der Waals surface area contributed by atoms with Crippen LogP contribution in [0.3, 0.4) is 0 Å². The molecule has 0 unspecified atom stereocenters. The average Bonchev–Trinajstić information content (AvgIpc) is 2.48. The number of rotatable bonds is 6. The summed E-state index contributed by atoms with van der Waals surface area (Å²) in [6.07, 6.45) is 0. The maximum Gasteiger partial charge on any atom is 0.215 e. The van der Waals surface area contributed by atoms with Gasteiger partial charge in [-0.05, 0) is 24.1 Å². The molecule has 0 spiro atoms. The fourth-order valence-electron chi connectivity index (χ4n) is 1.98. The average molecular weight is 271 g/mol. The molecule has 2 N–H and O–H groups in total. The van der Waals surface area contributed by atoms with Crippen molar-refractivity contribution in [3.63, 3.8) is 0 Å². The van der Waals surface area contributed by atoms with Gasteiger partial charge in [0, 0.05) is 26.2 Å². The summed E-state index contributed by atoms with van der Waals surface area (Å²) in [6.45, 7) is 3.96. The highest BCUT2D eigenvalue weighted by atomic mass is 16.5. The second-order valence-electron chi connectivity index (χ2n) is 4.64. The molecule has 2 aromatic rings. The second-order valence-corrected chi connectivity index (χ2v) is 4.64. The van der Waals surface area contributed by atoms with Gasteiger partial charge in [-0.3, -0.25) is 0 Å². The van der Waals surface area contributed by atoms with Crippen LogP contribution in [0.5, 0.6) is 5.88 Å². The minimum absolute atomic E-state index is 0.577. The van der Waals surface area contributed by atoms with Crippen molar-refractivity contribution < 1.29 is 4.74 Å². The van der Waals surface area contributed by atoms with Crippen LogP contribution in [0.25, 0.3) is 0 Å². The normalized spacial score (nSPS) is 10.3. The lowest BCUT2D eigenvalue weighted by Gasteiger charge is -2.19. The molecule has 0 atom stereocenters. The van der Waals surface area contributed by atoms with Crippen molar-refractivity contribution in [3.05, 3.63) is 53.6 Å². The predicted molar refractivity (Wildman–Crippen MR) is 81.8 cm³/mol. The third-order valence-corrected chi connectivity index (χ3v) is 3.07. The Morgan fingerprint density at radius 2 is 1.80 bits per heavy atom. The van der Waals surface area contributed by atoms with E-state index < -0.39 is 0 Å². The molecule has 20 heavy (non-hydrogen) atoms. The molecule has 0 saturated heterocycles. The van der Waals surface area contributed by atoms with Crippen LogP contribution in [0.4, 0.5) is 5.82 Å². The lowest BCUT2D eigenvalue weighted by atomic mass is 10.1. The van der Waals surface area contributed by atoms with E-state index in [1.807, 2.05) is 32.2 Å². The highest BCUT2D eigenvalue weighted by Crippen LogP contribution is 2.17. The largest absolute Gasteiger partial charge is 0.478 e. The van der Waals surface area contributed by atoms with E-state index in [9.17, 15) is 0 Å². The Labute approximate surface area is 120 Å². The van der Waals surface area contributed by atoms with E-state index in [0.29, 0.717) is 19.0 Å². The predicted octanol–water partition coefficient (Wildman–Crippen LogP) is 2.58. The van der Waals surface area contributed by atoms with Crippen molar-refractivity contribution >= 4 is 5.82 Å². The van der Waals surface area contributed by atoms with E-state index in [0.717, 1.165) is 17.9 Å². The molecular weight excluding hydrogens is 250 g/mol. The van der Waals surface area contributed by atoms with Gasteiger partial charge in [-0.2, -0.15) is 4.98 Å². The summed E-state index contributed by atoms with van der Waals surface area (Å²) >= 11 is 0. The molecule has 0 fully saturated rings. The zero-order valence-corrected chi connectivity index (χ0v) is 12.0. The number of ether oxygens (including phenoxy) is 1. The zero-order chi connectivity index (χ0) is 14.4. The number of aromatic nitrogens is 1. The van der Waals surface area contributed by atoms with E-state index >= 15 is 0 Å². The Morgan fingerprint density at radius 3 is 2.45 bits per heavy atom. The lowest BCUT2D eigenvalue weighted by Crippen LogP contribution is -2.17. The van der Waals surface area contributed by atoms with Gasteiger partial charge in [0.2, 0.25) is 5.88 Å².